The number of hydrogen-bond acceptors (Lipinski definition) is 5. The van der Waals surface area contributed by atoms with Crippen LogP contribution in [0, 0.1) is 11.8 Å². The number of benzene rings is 1. The Bertz CT molecular complexity index is 777. The molecular weight excluding hydrogens is 336 g/mol. The van der Waals surface area contributed by atoms with Gasteiger partial charge in [-0.05, 0) is 31.9 Å². The first-order valence-electron chi connectivity index (χ1n) is 8.78. The highest BCUT2D eigenvalue weighted by atomic mass is 16.6. The van der Waals surface area contributed by atoms with E-state index in [1.165, 1.54) is 0 Å². The minimum atomic E-state index is -0.867. The zero-order chi connectivity index (χ0) is 18.3. The summed E-state index contributed by atoms with van der Waals surface area (Å²) in [7, 11) is 0. The number of amides is 3. The van der Waals surface area contributed by atoms with Crippen LogP contribution in [0.25, 0.3) is 0 Å². The van der Waals surface area contributed by atoms with E-state index in [0.717, 1.165) is 4.90 Å². The zero-order valence-corrected chi connectivity index (χ0v) is 14.4. The Morgan fingerprint density at radius 3 is 2.35 bits per heavy atom. The standard InChI is InChI=1S/C19H20N2O5/c1-11(21-18(23)13-4-2-3-5-14(13)19(21)24)17(22)20-12-6-7-15-16(10-12)26-9-8-25-15/h2-3,6-7,10-11,13-14H,4-5,8-9H2,1H3,(H,20,22)/t11-,13-,14+/m0/s1. The van der Waals surface area contributed by atoms with Gasteiger partial charge in [0.1, 0.15) is 19.3 Å². The lowest BCUT2D eigenvalue weighted by Crippen LogP contribution is -2.46. The predicted octanol–water partition coefficient (Wildman–Crippen LogP) is 1.74. The zero-order valence-electron chi connectivity index (χ0n) is 14.4. The van der Waals surface area contributed by atoms with Gasteiger partial charge in [-0.3, -0.25) is 19.3 Å². The van der Waals surface area contributed by atoms with Gasteiger partial charge in [-0.15, -0.1) is 0 Å². The topological polar surface area (TPSA) is 84.9 Å². The summed E-state index contributed by atoms with van der Waals surface area (Å²) in [4.78, 5) is 38.9. The number of ether oxygens (including phenoxy) is 2. The monoisotopic (exact) mass is 356 g/mol. The van der Waals surface area contributed by atoms with Crippen molar-refractivity contribution < 1.29 is 23.9 Å². The van der Waals surface area contributed by atoms with Crippen molar-refractivity contribution in [2.45, 2.75) is 25.8 Å². The molecule has 0 saturated carbocycles. The third-order valence-electron chi connectivity index (χ3n) is 5.12. The van der Waals surface area contributed by atoms with E-state index in [2.05, 4.69) is 5.32 Å². The highest BCUT2D eigenvalue weighted by molar-refractivity contribution is 6.10. The summed E-state index contributed by atoms with van der Waals surface area (Å²) in [5, 5.41) is 2.75. The van der Waals surface area contributed by atoms with Crippen LogP contribution in [-0.4, -0.2) is 41.9 Å². The van der Waals surface area contributed by atoms with E-state index >= 15 is 0 Å². The van der Waals surface area contributed by atoms with Gasteiger partial charge in [0.25, 0.3) is 0 Å². The number of carbonyl (C=O) groups is 3. The Hall–Kier alpha value is -2.83. The number of imide groups is 1. The van der Waals surface area contributed by atoms with Gasteiger partial charge in [0.15, 0.2) is 11.5 Å². The maximum absolute atomic E-state index is 12.6. The Labute approximate surface area is 150 Å². The minimum absolute atomic E-state index is 0.255. The average Bonchev–Trinajstić information content (AvgIpc) is 2.92. The van der Waals surface area contributed by atoms with Gasteiger partial charge in [0.05, 0.1) is 11.8 Å². The molecule has 3 aliphatic rings. The fourth-order valence-corrected chi connectivity index (χ4v) is 3.69. The van der Waals surface area contributed by atoms with Crippen LogP contribution in [0.15, 0.2) is 30.4 Å². The molecule has 0 aromatic heterocycles. The van der Waals surface area contributed by atoms with Gasteiger partial charge >= 0.3 is 0 Å². The number of rotatable bonds is 3. The highest BCUT2D eigenvalue weighted by Crippen LogP contribution is 2.36. The molecule has 136 valence electrons. The first kappa shape index (κ1) is 16.6. The van der Waals surface area contributed by atoms with E-state index in [1.807, 2.05) is 12.2 Å². The van der Waals surface area contributed by atoms with Crippen molar-refractivity contribution in [2.75, 3.05) is 18.5 Å². The Morgan fingerprint density at radius 1 is 1.08 bits per heavy atom. The van der Waals surface area contributed by atoms with Crippen LogP contribution >= 0.6 is 0 Å². The average molecular weight is 356 g/mol. The molecule has 0 unspecified atom stereocenters. The van der Waals surface area contributed by atoms with Gasteiger partial charge < -0.3 is 14.8 Å². The molecule has 1 aromatic rings. The van der Waals surface area contributed by atoms with E-state index in [1.54, 1.807) is 25.1 Å². The second-order valence-corrected chi connectivity index (χ2v) is 6.73. The maximum atomic E-state index is 12.6. The molecule has 26 heavy (non-hydrogen) atoms. The third-order valence-corrected chi connectivity index (χ3v) is 5.12. The lowest BCUT2D eigenvalue weighted by atomic mass is 9.85. The molecule has 7 nitrogen and oxygen atoms in total. The molecule has 4 rings (SSSR count). The molecule has 1 aliphatic carbocycles. The number of allylic oxidation sites excluding steroid dienone is 2. The molecule has 0 radical (unpaired) electrons. The van der Waals surface area contributed by atoms with Crippen LogP contribution in [0.4, 0.5) is 5.69 Å². The van der Waals surface area contributed by atoms with Crippen molar-refractivity contribution in [1.29, 1.82) is 0 Å². The van der Waals surface area contributed by atoms with Crippen molar-refractivity contribution in [3.63, 3.8) is 0 Å². The molecule has 2 aliphatic heterocycles. The molecule has 1 fully saturated rings. The van der Waals surface area contributed by atoms with Crippen molar-refractivity contribution in [3.05, 3.63) is 30.4 Å². The van der Waals surface area contributed by atoms with Crippen molar-refractivity contribution >= 4 is 23.4 Å². The summed E-state index contributed by atoms with van der Waals surface area (Å²) in [6.07, 6.45) is 4.97. The first-order chi connectivity index (χ1) is 12.6. The van der Waals surface area contributed by atoms with E-state index in [0.29, 0.717) is 43.2 Å². The van der Waals surface area contributed by atoms with Gasteiger partial charge in [-0.2, -0.15) is 0 Å². The summed E-state index contributed by atoms with van der Waals surface area (Å²) in [5.41, 5.74) is 0.532. The van der Waals surface area contributed by atoms with Crippen LogP contribution in [0.5, 0.6) is 11.5 Å². The molecule has 1 N–H and O–H groups in total. The van der Waals surface area contributed by atoms with E-state index in [-0.39, 0.29) is 23.7 Å². The molecule has 3 amide bonds. The van der Waals surface area contributed by atoms with E-state index < -0.39 is 11.9 Å². The van der Waals surface area contributed by atoms with Gasteiger partial charge in [0.2, 0.25) is 17.7 Å². The Morgan fingerprint density at radius 2 is 1.69 bits per heavy atom. The van der Waals surface area contributed by atoms with Gasteiger partial charge in [-0.1, -0.05) is 12.2 Å². The molecule has 0 spiro atoms. The molecule has 1 aromatic carbocycles. The smallest absolute Gasteiger partial charge is 0.247 e. The number of hydrogen-bond donors (Lipinski definition) is 1. The van der Waals surface area contributed by atoms with Crippen LogP contribution in [-0.2, 0) is 14.4 Å². The number of nitrogens with one attached hydrogen (secondary N) is 1. The van der Waals surface area contributed by atoms with Gasteiger partial charge in [-0.25, -0.2) is 0 Å². The Balaban J connectivity index is 1.48. The number of fused-ring (bicyclic) bond motifs is 2. The van der Waals surface area contributed by atoms with Crippen LogP contribution < -0.4 is 14.8 Å². The second kappa shape index (κ2) is 6.48. The van der Waals surface area contributed by atoms with Crippen LogP contribution in [0.1, 0.15) is 19.8 Å². The summed E-state index contributed by atoms with van der Waals surface area (Å²) in [6.45, 7) is 2.52. The summed E-state index contributed by atoms with van der Waals surface area (Å²) in [6, 6.07) is 4.24. The molecule has 2 heterocycles. The predicted molar refractivity (Wildman–Crippen MR) is 92.7 cm³/mol. The fraction of sp³-hybridized carbons (Fsp3) is 0.421. The molecule has 1 saturated heterocycles. The van der Waals surface area contributed by atoms with E-state index in [4.69, 9.17) is 9.47 Å². The van der Waals surface area contributed by atoms with Crippen molar-refractivity contribution in [1.82, 2.24) is 4.90 Å². The largest absolute Gasteiger partial charge is 0.486 e. The normalized spacial score (nSPS) is 25.0. The second-order valence-electron chi connectivity index (χ2n) is 6.73. The lowest BCUT2D eigenvalue weighted by Gasteiger charge is -2.23. The first-order valence-corrected chi connectivity index (χ1v) is 8.78. The number of carbonyl (C=O) groups excluding carboxylic acids is 3. The molecule has 3 atom stereocenters. The summed E-state index contributed by atoms with van der Waals surface area (Å²) < 4.78 is 11.0. The number of nitrogens with zero attached hydrogens (tertiary/aromatic N) is 1. The molecular formula is C19H20N2O5. The van der Waals surface area contributed by atoms with Crippen molar-refractivity contribution in [3.8, 4) is 11.5 Å². The Kier molecular flexibility index (Phi) is 4.14. The van der Waals surface area contributed by atoms with Crippen LogP contribution in [0.2, 0.25) is 0 Å². The fourth-order valence-electron chi connectivity index (χ4n) is 3.69. The van der Waals surface area contributed by atoms with E-state index in [9.17, 15) is 14.4 Å². The third kappa shape index (κ3) is 2.73. The quantitative estimate of drug-likeness (QED) is 0.659. The lowest BCUT2D eigenvalue weighted by molar-refractivity contribution is -0.146. The van der Waals surface area contributed by atoms with Gasteiger partial charge in [0, 0.05) is 11.8 Å². The SMILES string of the molecule is C[C@@H](C(=O)Nc1ccc2c(c1)OCCO2)N1C(=O)[C@H]2CC=CC[C@H]2C1=O. The maximum Gasteiger partial charge on any atom is 0.247 e. The minimum Gasteiger partial charge on any atom is -0.486 e. The number of likely N-dealkylation sites (tertiary alicyclic amines) is 1. The van der Waals surface area contributed by atoms with Crippen LogP contribution in [0.3, 0.4) is 0 Å². The highest BCUT2D eigenvalue weighted by Gasteiger charge is 2.50. The summed E-state index contributed by atoms with van der Waals surface area (Å²) in [5.74, 6) is -0.400. The van der Waals surface area contributed by atoms with Crippen molar-refractivity contribution in [2.24, 2.45) is 11.8 Å². The molecule has 0 bridgehead atoms. The number of anilines is 1. The summed E-state index contributed by atoms with van der Waals surface area (Å²) >= 11 is 0. The molecule has 7 heteroatoms.